The van der Waals surface area contributed by atoms with Crippen LogP contribution >= 0.6 is 0 Å². The van der Waals surface area contributed by atoms with Gasteiger partial charge in [-0.25, -0.2) is 9.97 Å². The normalized spacial score (nSPS) is 16.8. The Hall–Kier alpha value is -3.16. The van der Waals surface area contributed by atoms with E-state index in [1.54, 1.807) is 36.8 Å². The average Bonchev–Trinajstić information content (AvgIpc) is 3.31. The molecule has 134 valence electrons. The first-order valence-electron chi connectivity index (χ1n) is 8.64. The first-order chi connectivity index (χ1) is 12.8. The standard InChI is InChI=1S/C18H20N6O2/c25-17(16-3-1-10-26-16)23-11-14(12-24-15(13-23)5-9-22-24)4-8-21-18-19-6-2-7-20-18/h1-3,5-7,9-10,14H,4,8,11-13H2,(H,19,20,21)/t14-/m1/s1. The van der Waals surface area contributed by atoms with Crippen molar-refractivity contribution in [3.63, 3.8) is 0 Å². The van der Waals surface area contributed by atoms with Crippen molar-refractivity contribution < 1.29 is 9.21 Å². The van der Waals surface area contributed by atoms with Crippen LogP contribution in [0, 0.1) is 5.92 Å². The maximum atomic E-state index is 12.8. The molecule has 0 radical (unpaired) electrons. The van der Waals surface area contributed by atoms with E-state index in [9.17, 15) is 4.79 Å². The number of hydrogen-bond acceptors (Lipinski definition) is 6. The summed E-state index contributed by atoms with van der Waals surface area (Å²) >= 11 is 0. The van der Waals surface area contributed by atoms with Gasteiger partial charge in [-0.15, -0.1) is 0 Å². The monoisotopic (exact) mass is 352 g/mol. The molecule has 26 heavy (non-hydrogen) atoms. The second-order valence-corrected chi connectivity index (χ2v) is 6.32. The summed E-state index contributed by atoms with van der Waals surface area (Å²) in [5.74, 6) is 1.16. The Labute approximate surface area is 150 Å². The van der Waals surface area contributed by atoms with E-state index in [1.807, 2.05) is 15.6 Å². The maximum absolute atomic E-state index is 12.8. The summed E-state index contributed by atoms with van der Waals surface area (Å²) in [5, 5.41) is 7.63. The fourth-order valence-electron chi connectivity index (χ4n) is 3.20. The minimum atomic E-state index is -0.0889. The molecule has 0 bridgehead atoms. The van der Waals surface area contributed by atoms with Crippen LogP contribution in [0.1, 0.15) is 22.7 Å². The Morgan fingerprint density at radius 2 is 2.08 bits per heavy atom. The fraction of sp³-hybridized carbons (Fsp3) is 0.333. The van der Waals surface area contributed by atoms with Gasteiger partial charge in [0.05, 0.1) is 18.5 Å². The Kier molecular flexibility index (Phi) is 4.63. The molecular weight excluding hydrogens is 332 g/mol. The van der Waals surface area contributed by atoms with Gasteiger partial charge < -0.3 is 14.6 Å². The van der Waals surface area contributed by atoms with Gasteiger partial charge in [0, 0.05) is 38.2 Å². The Balaban J connectivity index is 1.45. The number of anilines is 1. The van der Waals surface area contributed by atoms with E-state index in [4.69, 9.17) is 4.42 Å². The van der Waals surface area contributed by atoms with Crippen LogP contribution < -0.4 is 5.32 Å². The summed E-state index contributed by atoms with van der Waals surface area (Å²) in [6.45, 7) is 2.70. The lowest BCUT2D eigenvalue weighted by atomic mass is 10.1. The van der Waals surface area contributed by atoms with Gasteiger partial charge in [0.2, 0.25) is 5.95 Å². The molecule has 0 aliphatic carbocycles. The van der Waals surface area contributed by atoms with E-state index in [2.05, 4.69) is 20.4 Å². The molecule has 1 aliphatic heterocycles. The Morgan fingerprint density at radius 3 is 2.88 bits per heavy atom. The van der Waals surface area contributed by atoms with Gasteiger partial charge in [0.15, 0.2) is 5.76 Å². The molecule has 0 aromatic carbocycles. The second kappa shape index (κ2) is 7.38. The highest BCUT2D eigenvalue weighted by Crippen LogP contribution is 2.20. The summed E-state index contributed by atoms with van der Waals surface area (Å²) < 4.78 is 7.28. The molecular formula is C18H20N6O2. The Bertz CT molecular complexity index is 846. The van der Waals surface area contributed by atoms with Gasteiger partial charge in [-0.05, 0) is 36.6 Å². The fourth-order valence-corrected chi connectivity index (χ4v) is 3.20. The summed E-state index contributed by atoms with van der Waals surface area (Å²) in [6, 6.07) is 7.18. The quantitative estimate of drug-likeness (QED) is 0.756. The molecule has 8 heteroatoms. The van der Waals surface area contributed by atoms with Gasteiger partial charge in [0.25, 0.3) is 5.91 Å². The Morgan fingerprint density at radius 1 is 1.19 bits per heavy atom. The van der Waals surface area contributed by atoms with Crippen molar-refractivity contribution in [1.29, 1.82) is 0 Å². The predicted octanol–water partition coefficient (Wildman–Crippen LogP) is 2.04. The van der Waals surface area contributed by atoms with Gasteiger partial charge in [0.1, 0.15) is 0 Å². The number of rotatable bonds is 5. The van der Waals surface area contributed by atoms with Crippen molar-refractivity contribution in [3.8, 4) is 0 Å². The highest BCUT2D eigenvalue weighted by molar-refractivity contribution is 5.91. The van der Waals surface area contributed by atoms with E-state index < -0.39 is 0 Å². The van der Waals surface area contributed by atoms with Crippen molar-refractivity contribution in [2.24, 2.45) is 5.92 Å². The number of hydrogen-bond donors (Lipinski definition) is 1. The summed E-state index contributed by atoms with van der Waals surface area (Å²) in [5.41, 5.74) is 1.03. The van der Waals surface area contributed by atoms with E-state index in [0.29, 0.717) is 24.8 Å². The molecule has 0 spiro atoms. The van der Waals surface area contributed by atoms with Crippen LogP contribution in [0.3, 0.4) is 0 Å². The number of amides is 1. The SMILES string of the molecule is O=C(c1ccco1)N1Cc2ccnn2C[C@H](CCNc2ncccn2)C1. The van der Waals surface area contributed by atoms with Crippen LogP contribution in [0.25, 0.3) is 0 Å². The van der Waals surface area contributed by atoms with Crippen molar-refractivity contribution >= 4 is 11.9 Å². The van der Waals surface area contributed by atoms with Crippen molar-refractivity contribution in [2.75, 3.05) is 18.4 Å². The summed E-state index contributed by atoms with van der Waals surface area (Å²) in [4.78, 5) is 22.9. The molecule has 4 rings (SSSR count). The van der Waals surface area contributed by atoms with Gasteiger partial charge >= 0.3 is 0 Å². The van der Waals surface area contributed by atoms with Crippen LogP contribution in [0.5, 0.6) is 0 Å². The summed E-state index contributed by atoms with van der Waals surface area (Å²) in [7, 11) is 0. The number of fused-ring (bicyclic) bond motifs is 1. The minimum absolute atomic E-state index is 0.0889. The average molecular weight is 352 g/mol. The molecule has 1 aliphatic rings. The molecule has 0 fully saturated rings. The van der Waals surface area contributed by atoms with Crippen LogP contribution in [0.15, 0.2) is 53.5 Å². The molecule has 3 aromatic rings. The first kappa shape index (κ1) is 16.3. The molecule has 8 nitrogen and oxygen atoms in total. The number of carbonyl (C=O) groups excluding carboxylic acids is 1. The van der Waals surface area contributed by atoms with E-state index in [-0.39, 0.29) is 11.8 Å². The van der Waals surface area contributed by atoms with Crippen LogP contribution in [0.4, 0.5) is 5.95 Å². The lowest BCUT2D eigenvalue weighted by Crippen LogP contribution is -2.34. The van der Waals surface area contributed by atoms with Crippen LogP contribution in [-0.4, -0.2) is 43.6 Å². The number of nitrogens with one attached hydrogen (secondary N) is 1. The number of aromatic nitrogens is 4. The lowest BCUT2D eigenvalue weighted by molar-refractivity contribution is 0.0687. The van der Waals surface area contributed by atoms with Gasteiger partial charge in [-0.1, -0.05) is 0 Å². The first-order valence-corrected chi connectivity index (χ1v) is 8.64. The predicted molar refractivity (Wildman–Crippen MR) is 94.3 cm³/mol. The van der Waals surface area contributed by atoms with Gasteiger partial charge in [-0.2, -0.15) is 5.10 Å². The van der Waals surface area contributed by atoms with Crippen LogP contribution in [-0.2, 0) is 13.1 Å². The van der Waals surface area contributed by atoms with Gasteiger partial charge in [-0.3, -0.25) is 9.48 Å². The van der Waals surface area contributed by atoms with E-state index in [1.165, 1.54) is 6.26 Å². The minimum Gasteiger partial charge on any atom is -0.459 e. The molecule has 0 unspecified atom stereocenters. The number of carbonyl (C=O) groups is 1. The highest BCUT2D eigenvalue weighted by Gasteiger charge is 2.27. The third-order valence-electron chi connectivity index (χ3n) is 4.49. The third kappa shape index (κ3) is 3.58. The molecule has 1 amide bonds. The third-order valence-corrected chi connectivity index (χ3v) is 4.49. The zero-order valence-electron chi connectivity index (χ0n) is 14.3. The van der Waals surface area contributed by atoms with Crippen molar-refractivity contribution in [1.82, 2.24) is 24.6 Å². The molecule has 4 heterocycles. The lowest BCUT2D eigenvalue weighted by Gasteiger charge is -2.23. The van der Waals surface area contributed by atoms with Crippen molar-refractivity contribution in [2.45, 2.75) is 19.5 Å². The van der Waals surface area contributed by atoms with E-state index in [0.717, 1.165) is 25.2 Å². The van der Waals surface area contributed by atoms with E-state index >= 15 is 0 Å². The molecule has 3 aromatic heterocycles. The molecule has 0 saturated heterocycles. The molecule has 1 N–H and O–H groups in total. The largest absolute Gasteiger partial charge is 0.459 e. The molecule has 0 saturated carbocycles. The zero-order chi connectivity index (χ0) is 17.8. The summed E-state index contributed by atoms with van der Waals surface area (Å²) in [6.07, 6.45) is 7.60. The zero-order valence-corrected chi connectivity index (χ0v) is 14.3. The number of nitrogens with zero attached hydrogens (tertiary/aromatic N) is 5. The second-order valence-electron chi connectivity index (χ2n) is 6.32. The van der Waals surface area contributed by atoms with Crippen molar-refractivity contribution in [3.05, 3.63) is 60.6 Å². The topological polar surface area (TPSA) is 89.1 Å². The smallest absolute Gasteiger partial charge is 0.289 e. The molecule has 1 atom stereocenters. The highest BCUT2D eigenvalue weighted by atomic mass is 16.3. The number of furan rings is 1. The maximum Gasteiger partial charge on any atom is 0.289 e. The van der Waals surface area contributed by atoms with Crippen LogP contribution in [0.2, 0.25) is 0 Å².